The van der Waals surface area contributed by atoms with Gasteiger partial charge in [-0.3, -0.25) is 9.59 Å². The molecule has 0 radical (unpaired) electrons. The van der Waals surface area contributed by atoms with Crippen molar-refractivity contribution in [2.24, 2.45) is 0 Å². The molecule has 7 nitrogen and oxygen atoms in total. The first-order chi connectivity index (χ1) is 13.8. The third-order valence-corrected chi connectivity index (χ3v) is 7.97. The molecule has 1 aromatic heterocycles. The quantitative estimate of drug-likeness (QED) is 0.699. The van der Waals surface area contributed by atoms with Gasteiger partial charge in [-0.1, -0.05) is 29.8 Å². The molecule has 1 unspecified atom stereocenters. The molecule has 3 rings (SSSR count). The molecular weight excluding hydrogens is 434 g/mol. The zero-order valence-electron chi connectivity index (χ0n) is 15.8. The van der Waals surface area contributed by atoms with Crippen molar-refractivity contribution in [3.8, 4) is 0 Å². The van der Waals surface area contributed by atoms with Crippen LogP contribution >= 0.6 is 22.9 Å². The van der Waals surface area contributed by atoms with E-state index in [0.717, 1.165) is 0 Å². The number of carbonyl (C=O) groups excluding carboxylic acids is 2. The minimum absolute atomic E-state index is 0.204. The van der Waals surface area contributed by atoms with Crippen LogP contribution in [0.4, 0.5) is 0 Å². The number of hydrogen-bond acceptors (Lipinski definition) is 5. The number of rotatable bonds is 6. The smallest absolute Gasteiger partial charge is 0.253 e. The van der Waals surface area contributed by atoms with Gasteiger partial charge >= 0.3 is 0 Å². The van der Waals surface area contributed by atoms with Crippen LogP contribution in [0.2, 0.25) is 5.02 Å². The second kappa shape index (κ2) is 9.25. The number of benzene rings is 1. The first kappa shape index (κ1) is 21.8. The van der Waals surface area contributed by atoms with E-state index in [-0.39, 0.29) is 16.2 Å². The van der Waals surface area contributed by atoms with Crippen molar-refractivity contribution in [2.45, 2.75) is 36.1 Å². The molecule has 156 valence electrons. The maximum atomic E-state index is 12.7. The summed E-state index contributed by atoms with van der Waals surface area (Å²) in [6.07, 6.45) is 1.03. The number of sulfonamides is 1. The maximum Gasteiger partial charge on any atom is 0.253 e. The predicted octanol–water partition coefficient (Wildman–Crippen LogP) is 2.49. The van der Waals surface area contributed by atoms with Crippen molar-refractivity contribution < 1.29 is 18.0 Å². The van der Waals surface area contributed by atoms with Crippen LogP contribution in [0.1, 0.15) is 30.1 Å². The van der Waals surface area contributed by atoms with E-state index in [4.69, 9.17) is 11.6 Å². The van der Waals surface area contributed by atoms with Gasteiger partial charge in [0.25, 0.3) is 5.91 Å². The van der Waals surface area contributed by atoms with Crippen molar-refractivity contribution in [3.05, 3.63) is 52.4 Å². The maximum absolute atomic E-state index is 12.7. The van der Waals surface area contributed by atoms with E-state index in [0.29, 0.717) is 36.5 Å². The Balaban J connectivity index is 1.52. The molecule has 1 atom stereocenters. The predicted molar refractivity (Wildman–Crippen MR) is 113 cm³/mol. The highest BCUT2D eigenvalue weighted by Gasteiger charge is 2.29. The molecule has 0 spiro atoms. The monoisotopic (exact) mass is 455 g/mol. The summed E-state index contributed by atoms with van der Waals surface area (Å²) in [7, 11) is -3.53. The number of nitrogens with one attached hydrogen (secondary N) is 2. The minimum atomic E-state index is -3.53. The Morgan fingerprint density at radius 3 is 2.48 bits per heavy atom. The Morgan fingerprint density at radius 1 is 1.17 bits per heavy atom. The fourth-order valence-electron chi connectivity index (χ4n) is 3.17. The van der Waals surface area contributed by atoms with Crippen LogP contribution in [0, 0.1) is 0 Å². The summed E-state index contributed by atoms with van der Waals surface area (Å²) in [5, 5.41) is 4.72. The fraction of sp³-hybridized carbons (Fsp3) is 0.368. The number of nitrogens with zero attached hydrogens (tertiary/aromatic N) is 1. The van der Waals surface area contributed by atoms with Crippen LogP contribution in [-0.2, 0) is 14.8 Å². The highest BCUT2D eigenvalue weighted by molar-refractivity contribution is 7.91. The molecule has 0 saturated carbocycles. The van der Waals surface area contributed by atoms with Gasteiger partial charge in [0.05, 0.1) is 10.6 Å². The van der Waals surface area contributed by atoms with Crippen LogP contribution in [0.25, 0.3) is 0 Å². The second-order valence-corrected chi connectivity index (χ2v) is 10.1. The van der Waals surface area contributed by atoms with E-state index in [1.807, 2.05) is 0 Å². The number of thiophene rings is 1. The number of halogens is 1. The van der Waals surface area contributed by atoms with Crippen LogP contribution in [0.5, 0.6) is 0 Å². The van der Waals surface area contributed by atoms with Gasteiger partial charge in [0.15, 0.2) is 0 Å². The van der Waals surface area contributed by atoms with E-state index in [2.05, 4.69) is 10.0 Å². The first-order valence-corrected chi connectivity index (χ1v) is 11.9. The van der Waals surface area contributed by atoms with Gasteiger partial charge in [-0.05, 0) is 43.3 Å². The van der Waals surface area contributed by atoms with Gasteiger partial charge in [0, 0.05) is 19.1 Å². The van der Waals surface area contributed by atoms with E-state index < -0.39 is 22.0 Å². The van der Waals surface area contributed by atoms with Gasteiger partial charge in [-0.15, -0.1) is 11.3 Å². The summed E-state index contributed by atoms with van der Waals surface area (Å²) in [5.74, 6) is -0.611. The number of piperidine rings is 1. The first-order valence-electron chi connectivity index (χ1n) is 9.18. The van der Waals surface area contributed by atoms with Crippen molar-refractivity contribution in [1.29, 1.82) is 0 Å². The molecule has 2 N–H and O–H groups in total. The van der Waals surface area contributed by atoms with Crippen molar-refractivity contribution >= 4 is 44.8 Å². The Hall–Kier alpha value is -1.94. The molecule has 0 bridgehead atoms. The van der Waals surface area contributed by atoms with Crippen LogP contribution < -0.4 is 10.0 Å². The molecule has 1 saturated heterocycles. The average molecular weight is 456 g/mol. The van der Waals surface area contributed by atoms with Crippen LogP contribution in [0.3, 0.4) is 0 Å². The number of likely N-dealkylation sites (tertiary alicyclic amines) is 1. The fourth-order valence-corrected chi connectivity index (χ4v) is 5.70. The third-order valence-electron chi connectivity index (χ3n) is 4.72. The lowest BCUT2D eigenvalue weighted by Crippen LogP contribution is -2.52. The summed E-state index contributed by atoms with van der Waals surface area (Å²) >= 11 is 7.19. The molecule has 0 aliphatic carbocycles. The zero-order valence-corrected chi connectivity index (χ0v) is 18.2. The van der Waals surface area contributed by atoms with Crippen molar-refractivity contribution in [3.63, 3.8) is 0 Å². The largest absolute Gasteiger partial charge is 0.341 e. The summed E-state index contributed by atoms with van der Waals surface area (Å²) in [5.41, 5.74) is 0.315. The Kier molecular flexibility index (Phi) is 6.94. The molecule has 2 heterocycles. The van der Waals surface area contributed by atoms with E-state index >= 15 is 0 Å². The zero-order chi connectivity index (χ0) is 21.0. The van der Waals surface area contributed by atoms with Crippen LogP contribution in [-0.4, -0.2) is 50.3 Å². The van der Waals surface area contributed by atoms with Gasteiger partial charge in [0.2, 0.25) is 15.9 Å². The summed E-state index contributed by atoms with van der Waals surface area (Å²) < 4.78 is 27.6. The van der Waals surface area contributed by atoms with Gasteiger partial charge in [-0.2, -0.15) is 0 Å². The standard InChI is InChI=1S/C19H22ClN3O4S2/c1-13(21-18(24)15-5-2-3-6-16(15)20)19(25)23-10-8-14(9-11-23)22-29(26,27)17-7-4-12-28-17/h2-7,12-14,22H,8-11H2,1H3,(H,21,24). The molecule has 29 heavy (non-hydrogen) atoms. The normalized spacial score (nSPS) is 16.4. The topological polar surface area (TPSA) is 95.6 Å². The number of carbonyl (C=O) groups is 2. The number of amides is 2. The molecule has 1 aliphatic rings. The summed E-state index contributed by atoms with van der Waals surface area (Å²) in [6, 6.07) is 8.97. The summed E-state index contributed by atoms with van der Waals surface area (Å²) in [6.45, 7) is 2.47. The molecule has 1 aromatic carbocycles. The lowest BCUT2D eigenvalue weighted by Gasteiger charge is -2.33. The second-order valence-electron chi connectivity index (χ2n) is 6.83. The lowest BCUT2D eigenvalue weighted by molar-refractivity contribution is -0.133. The molecular formula is C19H22ClN3O4S2. The highest BCUT2D eigenvalue weighted by atomic mass is 35.5. The molecule has 10 heteroatoms. The Bertz CT molecular complexity index is 971. The Labute approximate surface area is 179 Å². The molecule has 2 aromatic rings. The number of hydrogen-bond donors (Lipinski definition) is 2. The van der Waals surface area contributed by atoms with Crippen LogP contribution in [0.15, 0.2) is 46.0 Å². The minimum Gasteiger partial charge on any atom is -0.341 e. The third kappa shape index (κ3) is 5.36. The average Bonchev–Trinajstić information content (AvgIpc) is 3.24. The molecule has 1 fully saturated rings. The van der Waals surface area contributed by atoms with Crippen molar-refractivity contribution in [1.82, 2.24) is 14.9 Å². The lowest BCUT2D eigenvalue weighted by atomic mass is 10.1. The van der Waals surface area contributed by atoms with Gasteiger partial charge < -0.3 is 10.2 Å². The summed E-state index contributed by atoms with van der Waals surface area (Å²) in [4.78, 5) is 26.7. The van der Waals surface area contributed by atoms with Gasteiger partial charge in [-0.25, -0.2) is 13.1 Å². The SMILES string of the molecule is CC(NC(=O)c1ccccc1Cl)C(=O)N1CCC(NS(=O)(=O)c2cccs2)CC1. The molecule has 1 aliphatic heterocycles. The highest BCUT2D eigenvalue weighted by Crippen LogP contribution is 2.19. The Morgan fingerprint density at radius 2 is 1.86 bits per heavy atom. The van der Waals surface area contributed by atoms with E-state index in [1.54, 1.807) is 53.6 Å². The van der Waals surface area contributed by atoms with Gasteiger partial charge in [0.1, 0.15) is 10.3 Å². The molecule has 2 amide bonds. The van der Waals surface area contributed by atoms with E-state index in [1.165, 1.54) is 11.3 Å². The van der Waals surface area contributed by atoms with Crippen molar-refractivity contribution in [2.75, 3.05) is 13.1 Å². The van der Waals surface area contributed by atoms with E-state index in [9.17, 15) is 18.0 Å².